The number of halogens is 1. The molecule has 0 aromatic heterocycles. The fraction of sp³-hybridized carbons (Fsp3) is 0.333. The Morgan fingerprint density at radius 3 is 2.61 bits per heavy atom. The summed E-state index contributed by atoms with van der Waals surface area (Å²) in [5.74, 6) is -0.129. The summed E-state index contributed by atoms with van der Waals surface area (Å²) in [5.41, 5.74) is 7.54. The minimum Gasteiger partial charge on any atom is -0.484 e. The standard InChI is InChI=1S/C21H24ClN3O3/c1-25(19-8-4-6-15-5-2-3-7-18(15)19)13-20(26)23-24-21(27)14-28-17-11-9-16(22)10-12-17/h2-3,5,7,9-12,19H,4,6,8,13-14H2,1H3,(H,23,26)(H,24,27)/p+1/t19-/m0/s1. The molecule has 0 saturated carbocycles. The van der Waals surface area contributed by atoms with Gasteiger partial charge in [-0.2, -0.15) is 0 Å². The highest BCUT2D eigenvalue weighted by Gasteiger charge is 2.27. The first-order chi connectivity index (χ1) is 13.5. The van der Waals surface area contributed by atoms with Gasteiger partial charge >= 0.3 is 0 Å². The predicted molar refractivity (Wildman–Crippen MR) is 107 cm³/mol. The van der Waals surface area contributed by atoms with E-state index in [2.05, 4.69) is 29.1 Å². The molecular weight excluding hydrogens is 378 g/mol. The predicted octanol–water partition coefficient (Wildman–Crippen LogP) is 1.46. The molecule has 0 saturated heterocycles. The fourth-order valence-corrected chi connectivity index (χ4v) is 3.67. The number of quaternary nitrogens is 1. The molecule has 1 unspecified atom stereocenters. The first-order valence-electron chi connectivity index (χ1n) is 9.39. The van der Waals surface area contributed by atoms with E-state index >= 15 is 0 Å². The molecule has 2 atom stereocenters. The van der Waals surface area contributed by atoms with E-state index in [4.69, 9.17) is 16.3 Å². The van der Waals surface area contributed by atoms with Crippen LogP contribution in [-0.2, 0) is 16.0 Å². The molecule has 1 aliphatic carbocycles. The van der Waals surface area contributed by atoms with E-state index in [-0.39, 0.29) is 19.1 Å². The molecule has 3 N–H and O–H groups in total. The smallest absolute Gasteiger partial charge is 0.293 e. The highest BCUT2D eigenvalue weighted by atomic mass is 35.5. The average Bonchev–Trinajstić information content (AvgIpc) is 2.71. The van der Waals surface area contributed by atoms with Crippen molar-refractivity contribution < 1.29 is 19.2 Å². The Kier molecular flexibility index (Phi) is 6.90. The summed E-state index contributed by atoms with van der Waals surface area (Å²) in [6.07, 6.45) is 3.27. The van der Waals surface area contributed by atoms with Crippen LogP contribution in [0.3, 0.4) is 0 Å². The summed E-state index contributed by atoms with van der Waals surface area (Å²) in [5, 5.41) is 0.594. The largest absolute Gasteiger partial charge is 0.484 e. The van der Waals surface area contributed by atoms with Gasteiger partial charge in [-0.1, -0.05) is 35.9 Å². The van der Waals surface area contributed by atoms with Gasteiger partial charge in [-0.15, -0.1) is 0 Å². The Labute approximate surface area is 169 Å². The molecule has 0 aliphatic heterocycles. The number of fused-ring (bicyclic) bond motifs is 1. The van der Waals surface area contributed by atoms with Gasteiger partial charge in [0.15, 0.2) is 13.2 Å². The molecule has 0 fully saturated rings. The van der Waals surface area contributed by atoms with Gasteiger partial charge in [-0.25, -0.2) is 0 Å². The monoisotopic (exact) mass is 402 g/mol. The summed E-state index contributed by atoms with van der Waals surface area (Å²) < 4.78 is 5.34. The van der Waals surface area contributed by atoms with Crippen molar-refractivity contribution in [1.29, 1.82) is 0 Å². The van der Waals surface area contributed by atoms with Crippen LogP contribution in [0.15, 0.2) is 48.5 Å². The van der Waals surface area contributed by atoms with Crippen LogP contribution in [0.4, 0.5) is 0 Å². The summed E-state index contributed by atoms with van der Waals surface area (Å²) >= 11 is 5.80. The molecule has 2 amide bonds. The van der Waals surface area contributed by atoms with E-state index in [0.29, 0.717) is 16.8 Å². The lowest BCUT2D eigenvalue weighted by Crippen LogP contribution is -3.10. The topological polar surface area (TPSA) is 71.9 Å². The van der Waals surface area contributed by atoms with E-state index in [0.717, 1.165) is 24.2 Å². The van der Waals surface area contributed by atoms with Gasteiger partial charge in [0, 0.05) is 17.0 Å². The van der Waals surface area contributed by atoms with Crippen LogP contribution < -0.4 is 20.5 Å². The van der Waals surface area contributed by atoms with Crippen LogP contribution in [-0.4, -0.2) is 32.0 Å². The number of aryl methyl sites for hydroxylation is 1. The molecule has 0 heterocycles. The molecule has 28 heavy (non-hydrogen) atoms. The molecule has 0 bridgehead atoms. The number of amides is 2. The average molecular weight is 403 g/mol. The van der Waals surface area contributed by atoms with Gasteiger partial charge in [0.1, 0.15) is 11.8 Å². The van der Waals surface area contributed by atoms with Crippen LogP contribution in [0.1, 0.15) is 30.0 Å². The minimum atomic E-state index is -0.427. The minimum absolute atomic E-state index is 0.194. The molecule has 2 aromatic carbocycles. The van der Waals surface area contributed by atoms with Crippen molar-refractivity contribution >= 4 is 23.4 Å². The summed E-state index contributed by atoms with van der Waals surface area (Å²) in [7, 11) is 2.01. The second kappa shape index (κ2) is 9.57. The number of hydrazine groups is 1. The summed E-state index contributed by atoms with van der Waals surface area (Å²) in [6, 6.07) is 15.4. The van der Waals surface area contributed by atoms with Crippen LogP contribution >= 0.6 is 11.6 Å². The number of ether oxygens (including phenoxy) is 1. The molecule has 0 spiro atoms. The van der Waals surface area contributed by atoms with Crippen molar-refractivity contribution in [3.05, 3.63) is 64.7 Å². The van der Waals surface area contributed by atoms with Crippen molar-refractivity contribution in [2.24, 2.45) is 0 Å². The van der Waals surface area contributed by atoms with Gasteiger partial charge in [0.2, 0.25) is 0 Å². The van der Waals surface area contributed by atoms with Crippen LogP contribution in [0, 0.1) is 0 Å². The van der Waals surface area contributed by atoms with E-state index < -0.39 is 5.91 Å². The van der Waals surface area contributed by atoms with Crippen molar-refractivity contribution in [2.45, 2.75) is 25.3 Å². The Morgan fingerprint density at radius 1 is 1.11 bits per heavy atom. The molecule has 6 nitrogen and oxygen atoms in total. The third kappa shape index (κ3) is 5.47. The van der Waals surface area contributed by atoms with E-state index in [9.17, 15) is 9.59 Å². The number of hydrogen-bond acceptors (Lipinski definition) is 3. The number of rotatable bonds is 6. The normalized spacial score (nSPS) is 16.6. The second-order valence-electron chi connectivity index (χ2n) is 7.01. The van der Waals surface area contributed by atoms with Crippen LogP contribution in [0.25, 0.3) is 0 Å². The maximum atomic E-state index is 12.2. The molecule has 2 aromatic rings. The highest BCUT2D eigenvalue weighted by molar-refractivity contribution is 6.30. The van der Waals surface area contributed by atoms with Crippen molar-refractivity contribution in [2.75, 3.05) is 20.2 Å². The quantitative estimate of drug-likeness (QED) is 0.640. The number of carbonyl (C=O) groups excluding carboxylic acids is 2. The van der Waals surface area contributed by atoms with Gasteiger partial charge in [0.05, 0.1) is 7.05 Å². The van der Waals surface area contributed by atoms with Gasteiger partial charge in [0.25, 0.3) is 11.8 Å². The number of carbonyl (C=O) groups is 2. The number of nitrogens with one attached hydrogen (secondary N) is 3. The highest BCUT2D eigenvalue weighted by Crippen LogP contribution is 2.27. The fourth-order valence-electron chi connectivity index (χ4n) is 3.54. The Morgan fingerprint density at radius 2 is 1.82 bits per heavy atom. The summed E-state index contributed by atoms with van der Waals surface area (Å²) in [6.45, 7) is 0.0813. The van der Waals surface area contributed by atoms with E-state index in [1.54, 1.807) is 24.3 Å². The number of benzene rings is 2. The summed E-state index contributed by atoms with van der Waals surface area (Å²) in [4.78, 5) is 25.2. The van der Waals surface area contributed by atoms with Crippen molar-refractivity contribution in [3.63, 3.8) is 0 Å². The maximum Gasteiger partial charge on any atom is 0.293 e. The first-order valence-corrected chi connectivity index (χ1v) is 9.77. The van der Waals surface area contributed by atoms with Gasteiger partial charge in [-0.3, -0.25) is 20.4 Å². The van der Waals surface area contributed by atoms with Crippen molar-refractivity contribution in [3.8, 4) is 5.75 Å². The van der Waals surface area contributed by atoms with Crippen LogP contribution in [0.2, 0.25) is 5.02 Å². The van der Waals surface area contributed by atoms with E-state index in [1.165, 1.54) is 11.1 Å². The first kappa shape index (κ1) is 20.2. The Hall–Kier alpha value is -2.57. The zero-order chi connectivity index (χ0) is 19.9. The van der Waals surface area contributed by atoms with Crippen molar-refractivity contribution in [1.82, 2.24) is 10.9 Å². The lowest BCUT2D eigenvalue weighted by atomic mass is 9.87. The lowest BCUT2D eigenvalue weighted by molar-refractivity contribution is -0.905. The van der Waals surface area contributed by atoms with Crippen LogP contribution in [0.5, 0.6) is 5.75 Å². The molecule has 148 valence electrons. The SMILES string of the molecule is C[NH+](CC(=O)NNC(=O)COc1ccc(Cl)cc1)[C@H]1CCCc2ccccc21. The Bertz CT molecular complexity index is 826. The third-order valence-corrected chi connectivity index (χ3v) is 5.18. The number of hydrogen-bond donors (Lipinski definition) is 3. The maximum absolute atomic E-state index is 12.2. The molecule has 7 heteroatoms. The van der Waals surface area contributed by atoms with E-state index in [1.807, 2.05) is 13.1 Å². The molecule has 1 aliphatic rings. The molecule has 0 radical (unpaired) electrons. The second-order valence-corrected chi connectivity index (χ2v) is 7.44. The Balaban J connectivity index is 1.43. The lowest BCUT2D eigenvalue weighted by Gasteiger charge is -2.30. The molecule has 3 rings (SSSR count). The number of likely N-dealkylation sites (N-methyl/N-ethyl adjacent to an activating group) is 1. The zero-order valence-corrected chi connectivity index (χ0v) is 16.6. The molecular formula is C21H25ClN3O3+. The van der Waals surface area contributed by atoms with Gasteiger partial charge in [-0.05, 0) is 42.7 Å². The third-order valence-electron chi connectivity index (χ3n) is 4.93. The zero-order valence-electron chi connectivity index (χ0n) is 15.8. The van der Waals surface area contributed by atoms with Gasteiger partial charge < -0.3 is 9.64 Å².